The first-order valence-electron chi connectivity index (χ1n) is 6.87. The van der Waals surface area contributed by atoms with Crippen LogP contribution in [0, 0.1) is 0 Å². The van der Waals surface area contributed by atoms with E-state index in [0.29, 0.717) is 22.2 Å². The van der Waals surface area contributed by atoms with E-state index in [2.05, 4.69) is 0 Å². The van der Waals surface area contributed by atoms with Crippen LogP contribution < -0.4 is 5.73 Å². The molecule has 2 aromatic rings. The Morgan fingerprint density at radius 3 is 1.59 bits per heavy atom. The van der Waals surface area contributed by atoms with E-state index in [9.17, 15) is 9.59 Å². The fourth-order valence-electron chi connectivity index (χ4n) is 1.38. The number of hydrogen-bond acceptors (Lipinski definition) is 3. The van der Waals surface area contributed by atoms with E-state index in [1.807, 2.05) is 30.3 Å². The largest absolute Gasteiger partial charge is 0.398 e. The zero-order valence-electron chi connectivity index (χ0n) is 13.0. The fourth-order valence-corrected chi connectivity index (χ4v) is 1.81. The molecule has 0 atom stereocenters. The highest BCUT2D eigenvalue weighted by molar-refractivity contribution is 6.67. The van der Waals surface area contributed by atoms with Gasteiger partial charge in [0.1, 0.15) is 0 Å². The topological polar surface area (TPSA) is 60.2 Å². The molecule has 0 aliphatic carbocycles. The van der Waals surface area contributed by atoms with Gasteiger partial charge in [0.05, 0.1) is 22.5 Å². The van der Waals surface area contributed by atoms with Gasteiger partial charge in [0.2, 0.25) is 5.24 Å². The second-order valence-corrected chi connectivity index (χ2v) is 6.22. The quantitative estimate of drug-likeness (QED) is 0.298. The molecule has 0 saturated carbocycles. The molecule has 0 unspecified atom stereocenters. The number of benzene rings is 2. The second kappa shape index (κ2) is 18.4. The maximum Gasteiger partial charge on any atom is 0.236 e. The van der Waals surface area contributed by atoms with E-state index in [1.165, 1.54) is 0 Å². The van der Waals surface area contributed by atoms with E-state index >= 15 is 0 Å². The summed E-state index contributed by atoms with van der Waals surface area (Å²) < 4.78 is 0. The molecule has 0 aliphatic heterocycles. The van der Waals surface area contributed by atoms with Crippen LogP contribution in [0.2, 0.25) is 10.0 Å². The van der Waals surface area contributed by atoms with Crippen molar-refractivity contribution in [1.82, 2.24) is 0 Å². The molecule has 27 heavy (non-hydrogen) atoms. The van der Waals surface area contributed by atoms with Crippen LogP contribution in [0.25, 0.3) is 0 Å². The van der Waals surface area contributed by atoms with E-state index in [4.69, 9.17) is 63.7 Å². The first-order chi connectivity index (χ1) is 11.8. The molecule has 0 aromatic heterocycles. The summed E-state index contributed by atoms with van der Waals surface area (Å²) in [6.45, 7) is 0. The number of rotatable bonds is 4. The highest BCUT2D eigenvalue weighted by atomic mass is 35.5. The van der Waals surface area contributed by atoms with E-state index in [0.717, 1.165) is 5.56 Å². The van der Waals surface area contributed by atoms with Crippen molar-refractivity contribution in [2.75, 3.05) is 17.5 Å². The molecule has 8 heteroatoms. The number of anilines is 1. The minimum Gasteiger partial charge on any atom is -0.398 e. The zero-order valence-corrected chi connectivity index (χ0v) is 16.8. The summed E-state index contributed by atoms with van der Waals surface area (Å²) in [5.41, 5.74) is 6.86. The normalized spacial score (nSPS) is 8.48. The molecule has 0 bridgehead atoms. The van der Waals surface area contributed by atoms with E-state index in [1.54, 1.807) is 18.2 Å². The third kappa shape index (κ3) is 15.8. The molecule has 0 spiro atoms. The minimum atomic E-state index is -0.508. The molecule has 2 N–H and O–H groups in total. The van der Waals surface area contributed by atoms with Crippen LogP contribution in [0.15, 0.2) is 48.5 Å². The smallest absolute Gasteiger partial charge is 0.236 e. The van der Waals surface area contributed by atoms with Gasteiger partial charge < -0.3 is 5.73 Å². The van der Waals surface area contributed by atoms with Crippen molar-refractivity contribution >= 4 is 74.7 Å². The molecule has 0 heterocycles. The van der Waals surface area contributed by atoms with Crippen LogP contribution in [0.1, 0.15) is 20.4 Å². The van der Waals surface area contributed by atoms with Gasteiger partial charge in [0, 0.05) is 11.4 Å². The molecule has 3 nitrogen and oxygen atoms in total. The summed E-state index contributed by atoms with van der Waals surface area (Å²) >= 11 is 26.3. The Bertz CT molecular complexity index is 660. The van der Waals surface area contributed by atoms with Crippen LogP contribution in [0.5, 0.6) is 0 Å². The predicted molar refractivity (Wildman–Crippen MR) is 122 cm³/mol. The van der Waals surface area contributed by atoms with Crippen molar-refractivity contribution in [2.45, 2.75) is 21.3 Å². The highest BCUT2D eigenvalue weighted by Gasteiger charge is 2.04. The molecule has 2 aromatic carbocycles. The second-order valence-electron chi connectivity index (χ2n) is 4.45. The number of ketones is 1. The maximum absolute atomic E-state index is 10.9. The average molecular weight is 476 g/mol. The summed E-state index contributed by atoms with van der Waals surface area (Å²) in [4.78, 5) is 20.4. The average Bonchev–Trinajstić information content (AvgIpc) is 2.60. The van der Waals surface area contributed by atoms with Crippen LogP contribution in [0.4, 0.5) is 5.69 Å². The summed E-state index contributed by atoms with van der Waals surface area (Å²) in [7, 11) is 0. The molecule has 152 valence electrons. The van der Waals surface area contributed by atoms with Gasteiger partial charge in [-0.2, -0.15) is 0 Å². The Morgan fingerprint density at radius 2 is 1.26 bits per heavy atom. The van der Waals surface area contributed by atoms with Crippen molar-refractivity contribution in [2.24, 2.45) is 0 Å². The van der Waals surface area contributed by atoms with Crippen LogP contribution in [-0.4, -0.2) is 22.8 Å². The van der Waals surface area contributed by atoms with Gasteiger partial charge in [-0.3, -0.25) is 9.59 Å². The monoisotopic (exact) mass is 473 g/mol. The van der Waals surface area contributed by atoms with Gasteiger partial charge in [-0.05, 0) is 35.4 Å². The number of nitrogens with two attached hydrogens (primary N) is 1. The van der Waals surface area contributed by atoms with Gasteiger partial charge in [0.25, 0.3) is 0 Å². The minimum absolute atomic E-state index is 0. The number of alkyl halides is 2. The highest BCUT2D eigenvalue weighted by Crippen LogP contribution is 2.16. The van der Waals surface area contributed by atoms with Crippen LogP contribution >= 0.6 is 58.0 Å². The maximum atomic E-state index is 10.9. The predicted octanol–water partition coefficient (Wildman–Crippen LogP) is 6.88. The summed E-state index contributed by atoms with van der Waals surface area (Å²) in [6, 6.07) is 14.5. The number of hydrogen-bond donors (Lipinski definition) is 1. The van der Waals surface area contributed by atoms with E-state index < -0.39 is 5.24 Å². The SMILES string of the molecule is C.C.Nc1ccccc1Cl.O=C(CCl)Cc1ccccc1Cl.O=C(Cl)CCl. The molecule has 0 saturated heterocycles. The van der Waals surface area contributed by atoms with Crippen molar-refractivity contribution in [1.29, 1.82) is 0 Å². The Hall–Kier alpha value is -0.970. The molecular weight excluding hydrogens is 451 g/mol. The lowest BCUT2D eigenvalue weighted by atomic mass is 10.1. The molecule has 0 aliphatic rings. The number of carbonyl (C=O) groups excluding carboxylic acids is 2. The molecule has 0 amide bonds. The third-order valence-electron chi connectivity index (χ3n) is 2.50. The van der Waals surface area contributed by atoms with E-state index in [-0.39, 0.29) is 32.4 Å². The molecule has 2 rings (SSSR count). The standard InChI is InChI=1S/C9H8Cl2O.C6H6ClN.C2H2Cl2O.2CH4/c10-6-8(12)5-7-3-1-2-4-9(7)11;7-5-3-1-2-4-6(5)8;3-1-2(4)5;;/h1-4H,5-6H2;1-4H,8H2;1H2;2*1H4. The van der Waals surface area contributed by atoms with Gasteiger partial charge in [0.15, 0.2) is 5.78 Å². The summed E-state index contributed by atoms with van der Waals surface area (Å²) in [5.74, 6) is -0.0583. The lowest BCUT2D eigenvalue weighted by Crippen LogP contribution is -2.03. The van der Waals surface area contributed by atoms with Gasteiger partial charge in [-0.25, -0.2) is 0 Å². The molecular formula is C19H24Cl5NO2. The Labute approximate surface area is 186 Å². The van der Waals surface area contributed by atoms with Crippen LogP contribution in [0.3, 0.4) is 0 Å². The first-order valence-corrected chi connectivity index (χ1v) is 9.07. The van der Waals surface area contributed by atoms with Crippen molar-refractivity contribution in [3.8, 4) is 0 Å². The lowest BCUT2D eigenvalue weighted by molar-refractivity contribution is -0.116. The Balaban J connectivity index is -0.000000337. The van der Waals surface area contributed by atoms with Gasteiger partial charge >= 0.3 is 0 Å². The molecule has 0 fully saturated rings. The Kier molecular flexibility index (Phi) is 20.9. The number of Topliss-reactive ketones (excluding diaryl/α,β-unsaturated/α-hetero) is 1. The van der Waals surface area contributed by atoms with Crippen molar-refractivity contribution in [3.63, 3.8) is 0 Å². The van der Waals surface area contributed by atoms with Crippen LogP contribution in [-0.2, 0) is 16.0 Å². The summed E-state index contributed by atoms with van der Waals surface area (Å²) in [5, 5.41) is 0.732. The molecule has 0 radical (unpaired) electrons. The Morgan fingerprint density at radius 1 is 0.815 bits per heavy atom. The lowest BCUT2D eigenvalue weighted by Gasteiger charge is -2.00. The number of carbonyl (C=O) groups is 2. The van der Waals surface area contributed by atoms with Crippen molar-refractivity contribution < 1.29 is 9.59 Å². The van der Waals surface area contributed by atoms with Crippen molar-refractivity contribution in [3.05, 3.63) is 64.1 Å². The third-order valence-corrected chi connectivity index (χ3v) is 4.03. The summed E-state index contributed by atoms with van der Waals surface area (Å²) in [6.07, 6.45) is 0.323. The first kappa shape index (κ1) is 30.7. The number of para-hydroxylation sites is 1. The zero-order chi connectivity index (χ0) is 19.2. The number of nitrogen functional groups attached to an aromatic ring is 1. The van der Waals surface area contributed by atoms with Gasteiger partial charge in [-0.1, -0.05) is 68.4 Å². The van der Waals surface area contributed by atoms with Gasteiger partial charge in [-0.15, -0.1) is 23.2 Å². The fraction of sp³-hybridized carbons (Fsp3) is 0.263. The number of halogens is 5.